The van der Waals surface area contributed by atoms with E-state index in [1.165, 1.54) is 22.7 Å². The predicted molar refractivity (Wildman–Crippen MR) is 197 cm³/mol. The summed E-state index contributed by atoms with van der Waals surface area (Å²) in [6.45, 7) is 18.2. The minimum absolute atomic E-state index is 0.0104. The Kier molecular flexibility index (Phi) is 10.4. The van der Waals surface area contributed by atoms with Crippen LogP contribution in [0.25, 0.3) is 0 Å². The molecule has 3 saturated heterocycles. The molecule has 3 fully saturated rings. The molecule has 0 radical (unpaired) electrons. The van der Waals surface area contributed by atoms with Crippen molar-refractivity contribution in [3.05, 3.63) is 52.0 Å². The smallest absolute Gasteiger partial charge is 0.237 e. The lowest BCUT2D eigenvalue weighted by molar-refractivity contribution is -0.136. The number of halogens is 1. The lowest BCUT2D eigenvalue weighted by atomic mass is 9.89. The first-order valence-corrected chi connectivity index (χ1v) is 19.3. The number of hydrogen-bond acceptors (Lipinski definition) is 8. The third-order valence-corrected chi connectivity index (χ3v) is 12.6. The van der Waals surface area contributed by atoms with Crippen LogP contribution in [0.4, 0.5) is 10.1 Å². The molecule has 5 heterocycles. The SMILES string of the molecule is CC(C)(C)CCN1C(=O)[C@H](CC(=O)N2CCC(C3=NN=C(c4cccs4)C3)CC2)SC1c1cccc(F)c1N1CCN(C(C)(C)C)CC1. The maximum Gasteiger partial charge on any atom is 0.237 e. The number of nitrogens with zero attached hydrogens (tertiary/aromatic N) is 6. The third-order valence-electron chi connectivity index (χ3n) is 10.2. The molecule has 4 aliphatic heterocycles. The van der Waals surface area contributed by atoms with Crippen LogP contribution in [0.3, 0.4) is 0 Å². The lowest BCUT2D eigenvalue weighted by Gasteiger charge is -2.43. The summed E-state index contributed by atoms with van der Waals surface area (Å²) in [5.74, 6) is 0.0931. The molecule has 260 valence electrons. The minimum atomic E-state index is -0.491. The first-order valence-electron chi connectivity index (χ1n) is 17.5. The number of thioether (sulfide) groups is 1. The van der Waals surface area contributed by atoms with Gasteiger partial charge in [0.15, 0.2) is 0 Å². The van der Waals surface area contributed by atoms with Gasteiger partial charge in [-0.1, -0.05) is 39.0 Å². The van der Waals surface area contributed by atoms with Gasteiger partial charge in [-0.25, -0.2) is 4.39 Å². The molecule has 6 rings (SSSR count). The summed E-state index contributed by atoms with van der Waals surface area (Å²) in [6, 6.07) is 9.41. The molecular weight excluding hydrogens is 644 g/mol. The van der Waals surface area contributed by atoms with E-state index >= 15 is 4.39 Å². The number of hydrogen-bond donors (Lipinski definition) is 0. The van der Waals surface area contributed by atoms with Crippen molar-refractivity contribution in [1.29, 1.82) is 0 Å². The van der Waals surface area contributed by atoms with E-state index in [0.29, 0.717) is 31.2 Å². The number of piperidine rings is 1. The Balaban J connectivity index is 1.13. The number of anilines is 1. The van der Waals surface area contributed by atoms with Gasteiger partial charge in [-0.15, -0.1) is 23.1 Å². The van der Waals surface area contributed by atoms with Gasteiger partial charge in [0.25, 0.3) is 0 Å². The first-order chi connectivity index (χ1) is 22.8. The Labute approximate surface area is 293 Å². The number of benzene rings is 1. The number of rotatable bonds is 8. The van der Waals surface area contributed by atoms with E-state index in [1.54, 1.807) is 17.4 Å². The zero-order chi connectivity index (χ0) is 34.2. The zero-order valence-electron chi connectivity index (χ0n) is 29.4. The molecule has 0 saturated carbocycles. The summed E-state index contributed by atoms with van der Waals surface area (Å²) in [6.07, 6.45) is 3.49. The molecule has 2 amide bonds. The molecule has 0 N–H and O–H groups in total. The van der Waals surface area contributed by atoms with Crippen LogP contribution in [0.15, 0.2) is 45.9 Å². The summed E-state index contributed by atoms with van der Waals surface area (Å²) in [5.41, 5.74) is 3.69. The average Bonchev–Trinajstić information content (AvgIpc) is 3.81. The Morgan fingerprint density at radius 3 is 2.33 bits per heavy atom. The van der Waals surface area contributed by atoms with Crippen molar-refractivity contribution >= 4 is 52.0 Å². The van der Waals surface area contributed by atoms with Gasteiger partial charge in [-0.3, -0.25) is 14.5 Å². The summed E-state index contributed by atoms with van der Waals surface area (Å²) >= 11 is 3.21. The predicted octanol–water partition coefficient (Wildman–Crippen LogP) is 7.06. The molecule has 2 atom stereocenters. The lowest BCUT2D eigenvalue weighted by Crippen LogP contribution is -2.53. The monoisotopic (exact) mass is 694 g/mol. The van der Waals surface area contributed by atoms with Gasteiger partial charge in [0.1, 0.15) is 11.2 Å². The van der Waals surface area contributed by atoms with Crippen LogP contribution in [0.2, 0.25) is 0 Å². The summed E-state index contributed by atoms with van der Waals surface area (Å²) in [4.78, 5) is 37.4. The molecule has 0 aliphatic carbocycles. The third kappa shape index (κ3) is 7.83. The normalized spacial score (nSPS) is 23.2. The first kappa shape index (κ1) is 35.1. The molecule has 0 spiro atoms. The van der Waals surface area contributed by atoms with E-state index in [1.807, 2.05) is 21.9 Å². The molecule has 4 aliphatic rings. The second-order valence-corrected chi connectivity index (χ2v) is 18.0. The molecule has 0 bridgehead atoms. The Morgan fingerprint density at radius 1 is 0.958 bits per heavy atom. The highest BCUT2D eigenvalue weighted by molar-refractivity contribution is 8.01. The van der Waals surface area contributed by atoms with Crippen LogP contribution in [0.1, 0.15) is 89.5 Å². The maximum atomic E-state index is 15.8. The van der Waals surface area contributed by atoms with Crippen LogP contribution in [-0.4, -0.2) is 94.5 Å². The molecule has 1 unspecified atom stereocenters. The average molecular weight is 695 g/mol. The van der Waals surface area contributed by atoms with Gasteiger partial charge in [-0.05, 0) is 63.0 Å². The van der Waals surface area contributed by atoms with E-state index in [4.69, 9.17) is 0 Å². The number of carbonyl (C=O) groups is 2. The van der Waals surface area contributed by atoms with Crippen LogP contribution in [-0.2, 0) is 9.59 Å². The van der Waals surface area contributed by atoms with Crippen molar-refractivity contribution in [2.45, 2.75) is 89.8 Å². The second kappa shape index (κ2) is 14.2. The quantitative estimate of drug-likeness (QED) is 0.296. The highest BCUT2D eigenvalue weighted by Crippen LogP contribution is 2.48. The van der Waals surface area contributed by atoms with E-state index in [2.05, 4.69) is 73.0 Å². The van der Waals surface area contributed by atoms with Crippen molar-refractivity contribution in [2.75, 3.05) is 50.7 Å². The van der Waals surface area contributed by atoms with Gasteiger partial charge in [0, 0.05) is 81.4 Å². The summed E-state index contributed by atoms with van der Waals surface area (Å²) in [5, 5.41) is 10.2. The van der Waals surface area contributed by atoms with Crippen molar-refractivity contribution in [3.63, 3.8) is 0 Å². The molecular formula is C37H51FN6O2S2. The highest BCUT2D eigenvalue weighted by atomic mass is 32.2. The van der Waals surface area contributed by atoms with Crippen molar-refractivity contribution in [3.8, 4) is 0 Å². The van der Waals surface area contributed by atoms with Gasteiger partial charge < -0.3 is 14.7 Å². The molecule has 11 heteroatoms. The topological polar surface area (TPSA) is 71.8 Å². The summed E-state index contributed by atoms with van der Waals surface area (Å²) in [7, 11) is 0. The second-order valence-electron chi connectivity index (χ2n) is 15.8. The van der Waals surface area contributed by atoms with Crippen molar-refractivity contribution in [1.82, 2.24) is 14.7 Å². The molecule has 48 heavy (non-hydrogen) atoms. The van der Waals surface area contributed by atoms with Gasteiger partial charge in [0.05, 0.1) is 21.5 Å². The standard InChI is InChI=1S/C37H51FN6O2S2/c1-36(2,3)14-17-44-34(46)31(24-32(45)41-15-12-25(13-16-41)28-23-29(40-39-28)30-11-8-22-47-30)48-35(44)26-9-7-10-27(38)33(26)42-18-20-43(21-19-42)37(4,5)6/h7-11,22,25,31,35H,12-21,23-24H2,1-6H3/t31-,35?/m0/s1. The highest BCUT2D eigenvalue weighted by Gasteiger charge is 2.44. The Bertz CT molecular complexity index is 1530. The fourth-order valence-electron chi connectivity index (χ4n) is 7.24. The molecule has 8 nitrogen and oxygen atoms in total. The van der Waals surface area contributed by atoms with Crippen molar-refractivity contribution < 1.29 is 14.0 Å². The van der Waals surface area contributed by atoms with E-state index in [0.717, 1.165) is 68.8 Å². The maximum absolute atomic E-state index is 15.8. The van der Waals surface area contributed by atoms with Gasteiger partial charge in [0.2, 0.25) is 11.8 Å². The fourth-order valence-corrected chi connectivity index (χ4v) is 9.44. The number of para-hydroxylation sites is 1. The number of carbonyl (C=O) groups excluding carboxylic acids is 2. The number of likely N-dealkylation sites (tertiary alicyclic amines) is 1. The number of thiophene rings is 1. The zero-order valence-corrected chi connectivity index (χ0v) is 31.0. The van der Waals surface area contributed by atoms with E-state index < -0.39 is 5.25 Å². The Hall–Kier alpha value is -2.76. The van der Waals surface area contributed by atoms with Crippen molar-refractivity contribution in [2.24, 2.45) is 21.5 Å². The van der Waals surface area contributed by atoms with Crippen LogP contribution in [0.5, 0.6) is 0 Å². The Morgan fingerprint density at radius 2 is 1.69 bits per heavy atom. The van der Waals surface area contributed by atoms with Crippen LogP contribution in [0, 0.1) is 17.2 Å². The van der Waals surface area contributed by atoms with E-state index in [-0.39, 0.29) is 40.4 Å². The molecule has 1 aromatic carbocycles. The van der Waals surface area contributed by atoms with Crippen LogP contribution < -0.4 is 4.90 Å². The number of amides is 2. The van der Waals surface area contributed by atoms with Gasteiger partial charge in [-0.2, -0.15) is 10.2 Å². The van der Waals surface area contributed by atoms with E-state index in [9.17, 15) is 9.59 Å². The minimum Gasteiger partial charge on any atom is -0.366 e. The molecule has 2 aromatic rings. The largest absolute Gasteiger partial charge is 0.366 e. The van der Waals surface area contributed by atoms with Gasteiger partial charge >= 0.3 is 0 Å². The van der Waals surface area contributed by atoms with Crippen LogP contribution >= 0.6 is 23.1 Å². The number of piperazine rings is 1. The summed E-state index contributed by atoms with van der Waals surface area (Å²) < 4.78 is 15.8. The fraction of sp³-hybridized carbons (Fsp3) is 0.622. The molecule has 1 aromatic heterocycles.